The zero-order chi connectivity index (χ0) is 4.99. The van der Waals surface area contributed by atoms with Gasteiger partial charge in [-0.05, 0) is 0 Å². The summed E-state index contributed by atoms with van der Waals surface area (Å²) in [6.45, 7) is 1.50. The van der Waals surface area contributed by atoms with E-state index in [2.05, 4.69) is 4.52 Å². The van der Waals surface area contributed by atoms with E-state index in [0.717, 1.165) is 0 Å². The molecule has 0 aromatic carbocycles. The Kier molecular flexibility index (Phi) is 3.29. The Morgan fingerprint density at radius 2 is 2.33 bits per heavy atom. The van der Waals surface area contributed by atoms with Crippen molar-refractivity contribution >= 4 is 14.3 Å². The van der Waals surface area contributed by atoms with Crippen LogP contribution in [0.15, 0.2) is 0 Å². The molecule has 0 amide bonds. The molecule has 6 heavy (non-hydrogen) atoms. The van der Waals surface area contributed by atoms with Gasteiger partial charge in [0.1, 0.15) is 0 Å². The monoisotopic (exact) mass is 106 g/mol. The molecular weight excluding hydrogens is 99.0 g/mol. The van der Waals surface area contributed by atoms with E-state index in [1.54, 1.807) is 0 Å². The van der Waals surface area contributed by atoms with E-state index in [1.165, 1.54) is 14.0 Å². The highest BCUT2D eigenvalue weighted by molar-refractivity contribution is 7.53. The van der Waals surface area contributed by atoms with E-state index in [0.29, 0.717) is 0 Å². The average Bonchev–Trinajstić information content (AvgIpc) is 1.35. The fraction of sp³-hybridized carbons (Fsp3) is 0.667. The molecule has 0 radical (unpaired) electrons. The fourth-order valence-electron chi connectivity index (χ4n) is 0.144. The van der Waals surface area contributed by atoms with Gasteiger partial charge >= 0.3 is 0 Å². The van der Waals surface area contributed by atoms with Crippen LogP contribution in [0.3, 0.4) is 0 Å². The lowest BCUT2D eigenvalue weighted by atomic mass is 10.9. The second kappa shape index (κ2) is 3.26. The van der Waals surface area contributed by atoms with Crippen molar-refractivity contribution in [2.45, 2.75) is 6.92 Å². The molecule has 3 heteroatoms. The molecule has 36 valence electrons. The molecule has 0 aliphatic carbocycles. The molecule has 2 nitrogen and oxygen atoms in total. The van der Waals surface area contributed by atoms with Crippen LogP contribution in [0.5, 0.6) is 0 Å². The number of rotatable bonds is 2. The zero-order valence-corrected chi connectivity index (χ0v) is 4.82. The van der Waals surface area contributed by atoms with Crippen LogP contribution in [-0.4, -0.2) is 12.6 Å². The minimum atomic E-state index is 0.0324. The van der Waals surface area contributed by atoms with Crippen LogP contribution < -0.4 is 0 Å². The van der Waals surface area contributed by atoms with Gasteiger partial charge in [0.2, 0.25) is 0 Å². The molecular formula is C3H7O2P. The quantitative estimate of drug-likeness (QED) is 0.486. The van der Waals surface area contributed by atoms with Gasteiger partial charge in [-0.1, -0.05) is 0 Å². The second-order valence-corrected chi connectivity index (χ2v) is 2.18. The predicted molar refractivity (Wildman–Crippen MR) is 26.0 cm³/mol. The van der Waals surface area contributed by atoms with Gasteiger partial charge < -0.3 is 4.52 Å². The number of hydrogen-bond acceptors (Lipinski definition) is 2. The first-order valence-electron chi connectivity index (χ1n) is 1.57. The maximum atomic E-state index is 9.93. The van der Waals surface area contributed by atoms with Gasteiger partial charge in [0.15, 0.2) is 5.52 Å². The normalized spacial score (nSPS) is 10.3. The highest BCUT2D eigenvalue weighted by atomic mass is 31.1. The summed E-state index contributed by atoms with van der Waals surface area (Å²) in [6, 6.07) is 0. The third-order valence-corrected chi connectivity index (χ3v) is 0.737. The molecule has 0 aliphatic rings. The Morgan fingerprint density at radius 1 is 1.83 bits per heavy atom. The zero-order valence-electron chi connectivity index (χ0n) is 3.82. The van der Waals surface area contributed by atoms with Gasteiger partial charge in [0.05, 0.1) is 8.81 Å². The Labute approximate surface area is 38.7 Å². The first-order chi connectivity index (χ1) is 2.77. The first kappa shape index (κ1) is 6.06. The van der Waals surface area contributed by atoms with E-state index in [4.69, 9.17) is 0 Å². The van der Waals surface area contributed by atoms with Gasteiger partial charge in [0.25, 0.3) is 0 Å². The van der Waals surface area contributed by atoms with Gasteiger partial charge in [-0.25, -0.2) is 0 Å². The van der Waals surface area contributed by atoms with Crippen LogP contribution in [0.25, 0.3) is 0 Å². The summed E-state index contributed by atoms with van der Waals surface area (Å²) < 4.78 is 4.48. The highest BCUT2D eigenvalue weighted by Gasteiger charge is 1.84. The third-order valence-electron chi connectivity index (χ3n) is 0.246. The largest absolute Gasteiger partial charge is 0.358 e. The molecule has 1 atom stereocenters. The van der Waals surface area contributed by atoms with Gasteiger partial charge in [-0.2, -0.15) is 0 Å². The van der Waals surface area contributed by atoms with Crippen molar-refractivity contribution in [1.29, 1.82) is 0 Å². The molecule has 0 fully saturated rings. The van der Waals surface area contributed by atoms with E-state index >= 15 is 0 Å². The van der Waals surface area contributed by atoms with Crippen LogP contribution in [0.2, 0.25) is 0 Å². The first-order valence-corrected chi connectivity index (χ1v) is 2.47. The maximum Gasteiger partial charge on any atom is 0.175 e. The topological polar surface area (TPSA) is 26.3 Å². The SMILES string of the molecule is COPC(C)=O. The molecule has 0 N–H and O–H groups in total. The van der Waals surface area contributed by atoms with E-state index in [-0.39, 0.29) is 14.3 Å². The number of carbonyl (C=O) groups is 1. The summed E-state index contributed by atoms with van der Waals surface area (Å²) in [4.78, 5) is 9.93. The highest BCUT2D eigenvalue weighted by Crippen LogP contribution is 2.07. The van der Waals surface area contributed by atoms with Crippen LogP contribution in [-0.2, 0) is 9.32 Å². The van der Waals surface area contributed by atoms with E-state index < -0.39 is 0 Å². The lowest BCUT2D eigenvalue weighted by Gasteiger charge is -1.84. The fourth-order valence-corrected chi connectivity index (χ4v) is 0.431. The number of carbonyl (C=O) groups excluding carboxylic acids is 1. The lowest BCUT2D eigenvalue weighted by Crippen LogP contribution is -1.74. The van der Waals surface area contributed by atoms with Crippen molar-refractivity contribution in [3.8, 4) is 0 Å². The molecule has 0 rings (SSSR count). The Bertz CT molecular complexity index is 52.8. The van der Waals surface area contributed by atoms with Crippen LogP contribution in [0, 0.1) is 0 Å². The van der Waals surface area contributed by atoms with Crippen molar-refractivity contribution in [1.82, 2.24) is 0 Å². The maximum absolute atomic E-state index is 9.93. The van der Waals surface area contributed by atoms with E-state index in [9.17, 15) is 4.79 Å². The minimum Gasteiger partial charge on any atom is -0.358 e. The Hall–Kier alpha value is 0.0600. The minimum absolute atomic E-state index is 0.0324. The van der Waals surface area contributed by atoms with Crippen LogP contribution in [0.1, 0.15) is 6.92 Å². The van der Waals surface area contributed by atoms with Crippen molar-refractivity contribution in [3.63, 3.8) is 0 Å². The molecule has 0 saturated heterocycles. The molecule has 1 unspecified atom stereocenters. The van der Waals surface area contributed by atoms with Gasteiger partial charge in [-0.15, -0.1) is 0 Å². The van der Waals surface area contributed by atoms with Crippen LogP contribution >= 0.6 is 8.81 Å². The van der Waals surface area contributed by atoms with Crippen molar-refractivity contribution in [2.24, 2.45) is 0 Å². The summed E-state index contributed by atoms with van der Waals surface area (Å²) in [7, 11) is 1.55. The third kappa shape index (κ3) is 4.06. The summed E-state index contributed by atoms with van der Waals surface area (Å²) in [5.41, 5.74) is 0.0949. The number of hydrogen-bond donors (Lipinski definition) is 0. The van der Waals surface area contributed by atoms with Crippen LogP contribution in [0.4, 0.5) is 0 Å². The predicted octanol–water partition coefficient (Wildman–Crippen LogP) is 0.773. The van der Waals surface area contributed by atoms with Gasteiger partial charge in [-0.3, -0.25) is 4.79 Å². The molecule has 0 bridgehead atoms. The summed E-state index contributed by atoms with van der Waals surface area (Å²) in [6.07, 6.45) is 0. The molecule has 0 heterocycles. The summed E-state index contributed by atoms with van der Waals surface area (Å²) in [5.74, 6) is 0. The Morgan fingerprint density at radius 3 is 2.33 bits per heavy atom. The average molecular weight is 106 g/mol. The standard InChI is InChI=1S/C3H7O2P/c1-3(4)6-5-2/h6H,1-2H3. The molecule has 0 saturated carbocycles. The molecule has 0 aromatic heterocycles. The lowest BCUT2D eigenvalue weighted by molar-refractivity contribution is -0.109. The second-order valence-electron chi connectivity index (χ2n) is 0.862. The molecule has 0 aliphatic heterocycles. The van der Waals surface area contributed by atoms with Crippen molar-refractivity contribution in [2.75, 3.05) is 7.11 Å². The van der Waals surface area contributed by atoms with Gasteiger partial charge in [0, 0.05) is 14.0 Å². The molecule has 0 spiro atoms. The summed E-state index contributed by atoms with van der Waals surface area (Å²) in [5, 5.41) is 0. The molecule has 0 aromatic rings. The summed E-state index contributed by atoms with van der Waals surface area (Å²) >= 11 is 0. The Balaban J connectivity index is 2.83. The van der Waals surface area contributed by atoms with E-state index in [1.807, 2.05) is 0 Å². The van der Waals surface area contributed by atoms with Crippen molar-refractivity contribution in [3.05, 3.63) is 0 Å². The smallest absolute Gasteiger partial charge is 0.175 e. The van der Waals surface area contributed by atoms with Crippen molar-refractivity contribution < 1.29 is 9.32 Å².